The van der Waals surface area contributed by atoms with Crippen molar-refractivity contribution >= 4 is 22.7 Å². The molecule has 1 aliphatic rings. The van der Waals surface area contributed by atoms with Gasteiger partial charge in [-0.25, -0.2) is 4.39 Å². The van der Waals surface area contributed by atoms with Crippen LogP contribution in [0.5, 0.6) is 0 Å². The number of amides is 2. The Kier molecular flexibility index (Phi) is 4.86. The molecule has 0 spiro atoms. The predicted octanol–water partition coefficient (Wildman–Crippen LogP) is 3.86. The van der Waals surface area contributed by atoms with Crippen LogP contribution in [0.4, 0.5) is 4.39 Å². The number of nitrogens with one attached hydrogen (secondary N) is 2. The highest BCUT2D eigenvalue weighted by Gasteiger charge is 2.31. The molecule has 1 saturated carbocycles. The van der Waals surface area contributed by atoms with Crippen LogP contribution in [0, 0.1) is 5.82 Å². The number of aromatic amines is 1. The van der Waals surface area contributed by atoms with Crippen LogP contribution >= 0.6 is 0 Å². The SMILES string of the molecule is CNC(=O)c1ccc(CN(C(=O)c2c[nH]c3cccc(F)c23)C2CCC2)cc1. The van der Waals surface area contributed by atoms with E-state index in [0.717, 1.165) is 24.8 Å². The van der Waals surface area contributed by atoms with Gasteiger partial charge in [-0.3, -0.25) is 9.59 Å². The number of hydrogen-bond donors (Lipinski definition) is 2. The number of fused-ring (bicyclic) bond motifs is 1. The second-order valence-corrected chi connectivity index (χ2v) is 7.16. The molecule has 0 atom stereocenters. The first-order chi connectivity index (χ1) is 13.6. The summed E-state index contributed by atoms with van der Waals surface area (Å²) >= 11 is 0. The summed E-state index contributed by atoms with van der Waals surface area (Å²) in [6.45, 7) is 0.429. The second-order valence-electron chi connectivity index (χ2n) is 7.16. The Bertz CT molecular complexity index is 1020. The highest BCUT2D eigenvalue weighted by Crippen LogP contribution is 2.30. The molecule has 2 amide bonds. The lowest BCUT2D eigenvalue weighted by Gasteiger charge is -2.37. The molecule has 1 heterocycles. The predicted molar refractivity (Wildman–Crippen MR) is 106 cm³/mol. The van der Waals surface area contributed by atoms with Gasteiger partial charge >= 0.3 is 0 Å². The molecule has 28 heavy (non-hydrogen) atoms. The van der Waals surface area contributed by atoms with Crippen LogP contribution in [-0.2, 0) is 6.54 Å². The minimum absolute atomic E-state index is 0.146. The van der Waals surface area contributed by atoms with Crippen molar-refractivity contribution in [2.24, 2.45) is 0 Å². The maximum absolute atomic E-state index is 14.4. The Morgan fingerprint density at radius 2 is 1.93 bits per heavy atom. The lowest BCUT2D eigenvalue weighted by Crippen LogP contribution is -2.43. The molecule has 0 bridgehead atoms. The molecule has 1 fully saturated rings. The van der Waals surface area contributed by atoms with Gasteiger partial charge in [-0.2, -0.15) is 0 Å². The number of benzene rings is 2. The maximum Gasteiger partial charge on any atom is 0.256 e. The minimum atomic E-state index is -0.398. The van der Waals surface area contributed by atoms with E-state index in [4.69, 9.17) is 0 Å². The van der Waals surface area contributed by atoms with Gasteiger partial charge in [-0.05, 0) is 49.1 Å². The van der Waals surface area contributed by atoms with E-state index in [9.17, 15) is 14.0 Å². The van der Waals surface area contributed by atoms with Crippen LogP contribution in [0.3, 0.4) is 0 Å². The zero-order chi connectivity index (χ0) is 19.7. The summed E-state index contributed by atoms with van der Waals surface area (Å²) in [5.41, 5.74) is 2.49. The van der Waals surface area contributed by atoms with Crippen molar-refractivity contribution in [2.45, 2.75) is 31.8 Å². The third-order valence-electron chi connectivity index (χ3n) is 5.46. The highest BCUT2D eigenvalue weighted by atomic mass is 19.1. The average molecular weight is 379 g/mol. The molecule has 0 radical (unpaired) electrons. The topological polar surface area (TPSA) is 65.2 Å². The number of H-pyrrole nitrogens is 1. The summed E-state index contributed by atoms with van der Waals surface area (Å²) in [5.74, 6) is -0.713. The summed E-state index contributed by atoms with van der Waals surface area (Å²) in [5, 5.41) is 2.93. The number of hydrogen-bond acceptors (Lipinski definition) is 2. The van der Waals surface area contributed by atoms with Gasteiger partial charge in [0.2, 0.25) is 0 Å². The first kappa shape index (κ1) is 18.2. The zero-order valence-electron chi connectivity index (χ0n) is 15.7. The van der Waals surface area contributed by atoms with Crippen LogP contribution < -0.4 is 5.32 Å². The number of aromatic nitrogens is 1. The summed E-state index contributed by atoms with van der Waals surface area (Å²) in [4.78, 5) is 29.8. The van der Waals surface area contributed by atoms with Crippen molar-refractivity contribution in [3.63, 3.8) is 0 Å². The molecule has 1 aromatic heterocycles. The third-order valence-corrected chi connectivity index (χ3v) is 5.46. The van der Waals surface area contributed by atoms with Crippen LogP contribution in [0.2, 0.25) is 0 Å². The molecule has 1 aliphatic carbocycles. The van der Waals surface area contributed by atoms with E-state index in [1.54, 1.807) is 37.5 Å². The molecular formula is C22H22FN3O2. The first-order valence-electron chi connectivity index (χ1n) is 9.46. The third kappa shape index (κ3) is 3.26. The molecule has 2 aromatic carbocycles. The summed E-state index contributed by atoms with van der Waals surface area (Å²) in [6.07, 6.45) is 4.59. The van der Waals surface area contributed by atoms with Gasteiger partial charge in [0.05, 0.1) is 5.56 Å². The Balaban J connectivity index is 1.63. The molecule has 4 rings (SSSR count). The summed E-state index contributed by atoms with van der Waals surface area (Å²) in [7, 11) is 1.59. The van der Waals surface area contributed by atoms with E-state index in [1.165, 1.54) is 6.07 Å². The van der Waals surface area contributed by atoms with Crippen molar-refractivity contribution < 1.29 is 14.0 Å². The van der Waals surface area contributed by atoms with Crippen molar-refractivity contribution in [2.75, 3.05) is 7.05 Å². The van der Waals surface area contributed by atoms with Crippen LogP contribution in [0.1, 0.15) is 45.5 Å². The molecule has 0 aliphatic heterocycles. The van der Waals surface area contributed by atoms with E-state index in [2.05, 4.69) is 10.3 Å². The Hall–Kier alpha value is -3.15. The second kappa shape index (κ2) is 7.46. The number of nitrogens with zero attached hydrogens (tertiary/aromatic N) is 1. The Morgan fingerprint density at radius 1 is 1.18 bits per heavy atom. The van der Waals surface area contributed by atoms with Crippen molar-refractivity contribution in [1.82, 2.24) is 15.2 Å². The highest BCUT2D eigenvalue weighted by molar-refractivity contribution is 6.07. The molecule has 0 unspecified atom stereocenters. The molecular weight excluding hydrogens is 357 g/mol. The number of carbonyl (C=O) groups excluding carboxylic acids is 2. The lowest BCUT2D eigenvalue weighted by molar-refractivity contribution is 0.0558. The number of halogens is 1. The van der Waals surface area contributed by atoms with Crippen LogP contribution in [0.15, 0.2) is 48.7 Å². The van der Waals surface area contributed by atoms with E-state index >= 15 is 0 Å². The zero-order valence-corrected chi connectivity index (χ0v) is 15.7. The van der Waals surface area contributed by atoms with Gasteiger partial charge in [0.15, 0.2) is 0 Å². The van der Waals surface area contributed by atoms with Gasteiger partial charge in [0.25, 0.3) is 11.8 Å². The minimum Gasteiger partial charge on any atom is -0.360 e. The van der Waals surface area contributed by atoms with Crippen molar-refractivity contribution in [3.05, 3.63) is 71.2 Å². The van der Waals surface area contributed by atoms with E-state index in [0.29, 0.717) is 28.6 Å². The summed E-state index contributed by atoms with van der Waals surface area (Å²) in [6, 6.07) is 12.1. The monoisotopic (exact) mass is 379 g/mol. The normalized spacial score (nSPS) is 13.9. The summed E-state index contributed by atoms with van der Waals surface area (Å²) < 4.78 is 14.4. The average Bonchev–Trinajstić information content (AvgIpc) is 3.11. The quantitative estimate of drug-likeness (QED) is 0.707. The fourth-order valence-corrected chi connectivity index (χ4v) is 3.63. The van der Waals surface area contributed by atoms with Gasteiger partial charge in [-0.1, -0.05) is 18.2 Å². The first-order valence-corrected chi connectivity index (χ1v) is 9.46. The molecule has 3 aromatic rings. The maximum atomic E-state index is 14.4. The Labute approximate surface area is 162 Å². The van der Waals surface area contributed by atoms with E-state index in [-0.39, 0.29) is 17.9 Å². The van der Waals surface area contributed by atoms with Crippen LogP contribution in [-0.4, -0.2) is 34.8 Å². The lowest BCUT2D eigenvalue weighted by atomic mass is 9.90. The van der Waals surface area contributed by atoms with Gasteiger partial charge in [0, 0.05) is 42.3 Å². The smallest absolute Gasteiger partial charge is 0.256 e. The van der Waals surface area contributed by atoms with E-state index < -0.39 is 5.82 Å². The van der Waals surface area contributed by atoms with Gasteiger partial charge in [-0.15, -0.1) is 0 Å². The molecule has 0 saturated heterocycles. The van der Waals surface area contributed by atoms with Crippen molar-refractivity contribution in [3.8, 4) is 0 Å². The van der Waals surface area contributed by atoms with Gasteiger partial charge in [0.1, 0.15) is 5.82 Å². The number of carbonyl (C=O) groups is 2. The van der Waals surface area contributed by atoms with Gasteiger partial charge < -0.3 is 15.2 Å². The number of rotatable bonds is 5. The van der Waals surface area contributed by atoms with Crippen molar-refractivity contribution in [1.29, 1.82) is 0 Å². The molecule has 2 N–H and O–H groups in total. The molecule has 144 valence electrons. The molecule has 5 nitrogen and oxygen atoms in total. The fourth-order valence-electron chi connectivity index (χ4n) is 3.63. The van der Waals surface area contributed by atoms with E-state index in [1.807, 2.05) is 17.0 Å². The molecule has 6 heteroatoms. The largest absolute Gasteiger partial charge is 0.360 e. The van der Waals surface area contributed by atoms with Crippen LogP contribution in [0.25, 0.3) is 10.9 Å². The fraction of sp³-hybridized carbons (Fsp3) is 0.273. The Morgan fingerprint density at radius 3 is 2.57 bits per heavy atom. The standard InChI is InChI=1S/C22H22FN3O2/c1-24-21(27)15-10-8-14(9-11-15)13-26(16-4-2-5-16)22(28)17-12-25-19-7-3-6-18(23)20(17)19/h3,6-12,16,25H,2,4-5,13H2,1H3,(H,24,27).